The summed E-state index contributed by atoms with van der Waals surface area (Å²) >= 11 is 1.82. The molecule has 1 aromatic heterocycles. The van der Waals surface area contributed by atoms with Gasteiger partial charge in [-0.3, -0.25) is 0 Å². The maximum Gasteiger partial charge on any atom is 0.0900 e. The SMILES string of the molecule is CCNC(c1sc(C)nc1C)C1CCOC1. The molecule has 2 rings (SSSR count). The number of nitrogens with zero attached hydrogens (tertiary/aromatic N) is 1. The van der Waals surface area contributed by atoms with E-state index in [2.05, 4.69) is 31.1 Å². The molecule has 3 nitrogen and oxygen atoms in total. The van der Waals surface area contributed by atoms with E-state index in [1.807, 2.05) is 11.3 Å². The number of aromatic nitrogens is 1. The summed E-state index contributed by atoms with van der Waals surface area (Å²) < 4.78 is 5.50. The van der Waals surface area contributed by atoms with E-state index in [-0.39, 0.29) is 0 Å². The highest BCUT2D eigenvalue weighted by Gasteiger charge is 2.29. The molecule has 2 atom stereocenters. The van der Waals surface area contributed by atoms with Crippen molar-refractivity contribution in [1.29, 1.82) is 0 Å². The zero-order valence-electron chi connectivity index (χ0n) is 10.2. The number of rotatable bonds is 4. The van der Waals surface area contributed by atoms with Crippen LogP contribution in [0.3, 0.4) is 0 Å². The van der Waals surface area contributed by atoms with Crippen molar-refractivity contribution in [2.45, 2.75) is 33.2 Å². The molecule has 16 heavy (non-hydrogen) atoms. The van der Waals surface area contributed by atoms with Gasteiger partial charge in [-0.2, -0.15) is 0 Å². The lowest BCUT2D eigenvalue weighted by atomic mass is 9.97. The van der Waals surface area contributed by atoms with E-state index in [4.69, 9.17) is 4.74 Å². The molecule has 90 valence electrons. The third kappa shape index (κ3) is 2.44. The molecule has 1 aliphatic rings. The van der Waals surface area contributed by atoms with Crippen LogP contribution in [0.5, 0.6) is 0 Å². The predicted molar refractivity (Wildman–Crippen MR) is 66.9 cm³/mol. The van der Waals surface area contributed by atoms with Crippen molar-refractivity contribution in [3.05, 3.63) is 15.6 Å². The lowest BCUT2D eigenvalue weighted by molar-refractivity contribution is 0.177. The molecule has 1 N–H and O–H groups in total. The van der Waals surface area contributed by atoms with Crippen LogP contribution >= 0.6 is 11.3 Å². The molecular formula is C12H20N2OS. The minimum Gasteiger partial charge on any atom is -0.381 e. The summed E-state index contributed by atoms with van der Waals surface area (Å²) in [7, 11) is 0. The number of ether oxygens (including phenoxy) is 1. The first-order chi connectivity index (χ1) is 7.72. The van der Waals surface area contributed by atoms with Gasteiger partial charge < -0.3 is 10.1 Å². The standard InChI is InChI=1S/C12H20N2OS/c1-4-13-11(10-5-6-15-7-10)12-8(2)14-9(3)16-12/h10-11,13H,4-7H2,1-3H3. The normalized spacial score (nSPS) is 22.6. The third-order valence-corrected chi connectivity index (χ3v) is 4.24. The van der Waals surface area contributed by atoms with Gasteiger partial charge in [0.25, 0.3) is 0 Å². The van der Waals surface area contributed by atoms with Crippen LogP contribution in [0.1, 0.15) is 35.0 Å². The highest BCUT2D eigenvalue weighted by Crippen LogP contribution is 2.33. The first-order valence-corrected chi connectivity index (χ1v) is 6.79. The summed E-state index contributed by atoms with van der Waals surface area (Å²) in [5, 5.41) is 4.75. The second-order valence-electron chi connectivity index (χ2n) is 4.34. The van der Waals surface area contributed by atoms with Crippen LogP contribution in [0.15, 0.2) is 0 Å². The first-order valence-electron chi connectivity index (χ1n) is 5.97. The van der Waals surface area contributed by atoms with Gasteiger partial charge in [0.15, 0.2) is 0 Å². The van der Waals surface area contributed by atoms with Crippen LogP contribution in [0.2, 0.25) is 0 Å². The van der Waals surface area contributed by atoms with E-state index in [0.717, 1.165) is 31.2 Å². The summed E-state index contributed by atoms with van der Waals surface area (Å²) in [5.74, 6) is 0.610. The van der Waals surface area contributed by atoms with Gasteiger partial charge in [-0.25, -0.2) is 4.98 Å². The molecule has 1 fully saturated rings. The average Bonchev–Trinajstić information content (AvgIpc) is 2.85. The quantitative estimate of drug-likeness (QED) is 0.878. The fourth-order valence-corrected chi connectivity index (χ4v) is 3.44. The molecule has 0 spiro atoms. The molecule has 1 aliphatic heterocycles. The fourth-order valence-electron chi connectivity index (χ4n) is 2.34. The molecule has 2 heterocycles. The lowest BCUT2D eigenvalue weighted by Crippen LogP contribution is -2.28. The highest BCUT2D eigenvalue weighted by atomic mass is 32.1. The Morgan fingerprint density at radius 3 is 2.88 bits per heavy atom. The number of hydrogen-bond donors (Lipinski definition) is 1. The minimum atomic E-state index is 0.429. The molecule has 2 unspecified atom stereocenters. The molecular weight excluding hydrogens is 220 g/mol. The molecule has 1 aromatic rings. The largest absolute Gasteiger partial charge is 0.381 e. The maximum atomic E-state index is 5.50. The van der Waals surface area contributed by atoms with Gasteiger partial charge in [0.05, 0.1) is 17.3 Å². The molecule has 1 saturated heterocycles. The van der Waals surface area contributed by atoms with E-state index >= 15 is 0 Å². The van der Waals surface area contributed by atoms with Crippen molar-refractivity contribution in [1.82, 2.24) is 10.3 Å². The highest BCUT2D eigenvalue weighted by molar-refractivity contribution is 7.11. The van der Waals surface area contributed by atoms with Crippen LogP contribution in [0.4, 0.5) is 0 Å². The van der Waals surface area contributed by atoms with E-state index in [1.54, 1.807) is 0 Å². The van der Waals surface area contributed by atoms with Gasteiger partial charge in [-0.1, -0.05) is 6.92 Å². The Balaban J connectivity index is 2.20. The van der Waals surface area contributed by atoms with Crippen molar-refractivity contribution in [3.8, 4) is 0 Å². The zero-order valence-corrected chi connectivity index (χ0v) is 11.1. The summed E-state index contributed by atoms with van der Waals surface area (Å²) in [4.78, 5) is 5.92. The van der Waals surface area contributed by atoms with Crippen LogP contribution in [-0.4, -0.2) is 24.7 Å². The Hall–Kier alpha value is -0.450. The van der Waals surface area contributed by atoms with Crippen LogP contribution in [0.25, 0.3) is 0 Å². The van der Waals surface area contributed by atoms with Gasteiger partial charge in [0, 0.05) is 23.4 Å². The molecule has 0 bridgehead atoms. The van der Waals surface area contributed by atoms with Crippen molar-refractivity contribution in [2.24, 2.45) is 5.92 Å². The van der Waals surface area contributed by atoms with E-state index in [0.29, 0.717) is 12.0 Å². The summed E-state index contributed by atoms with van der Waals surface area (Å²) in [5.41, 5.74) is 1.18. The average molecular weight is 240 g/mol. The number of thiazole rings is 1. The predicted octanol–water partition coefficient (Wildman–Crippen LogP) is 2.45. The molecule has 4 heteroatoms. The topological polar surface area (TPSA) is 34.2 Å². The smallest absolute Gasteiger partial charge is 0.0900 e. The number of aryl methyl sites for hydroxylation is 2. The fraction of sp³-hybridized carbons (Fsp3) is 0.750. The lowest BCUT2D eigenvalue weighted by Gasteiger charge is -2.22. The van der Waals surface area contributed by atoms with Crippen LogP contribution in [-0.2, 0) is 4.74 Å². The number of hydrogen-bond acceptors (Lipinski definition) is 4. The summed E-state index contributed by atoms with van der Waals surface area (Å²) in [6.07, 6.45) is 1.16. The van der Waals surface area contributed by atoms with Gasteiger partial charge in [0.2, 0.25) is 0 Å². The Bertz CT molecular complexity index is 345. The second kappa shape index (κ2) is 5.25. The molecule has 0 radical (unpaired) electrons. The van der Waals surface area contributed by atoms with E-state index < -0.39 is 0 Å². The summed E-state index contributed by atoms with van der Waals surface area (Å²) in [6, 6.07) is 0.429. The van der Waals surface area contributed by atoms with Crippen molar-refractivity contribution in [2.75, 3.05) is 19.8 Å². The molecule has 0 aromatic carbocycles. The Labute approximate surface area is 101 Å². The molecule has 0 saturated carbocycles. The third-order valence-electron chi connectivity index (χ3n) is 3.08. The van der Waals surface area contributed by atoms with Crippen LogP contribution < -0.4 is 5.32 Å². The summed E-state index contributed by atoms with van der Waals surface area (Å²) in [6.45, 7) is 9.13. The maximum absolute atomic E-state index is 5.50. The minimum absolute atomic E-state index is 0.429. The second-order valence-corrected chi connectivity index (χ2v) is 5.58. The van der Waals surface area contributed by atoms with E-state index in [9.17, 15) is 0 Å². The first kappa shape index (κ1) is 12.0. The van der Waals surface area contributed by atoms with Gasteiger partial charge in [-0.15, -0.1) is 11.3 Å². The zero-order chi connectivity index (χ0) is 11.5. The van der Waals surface area contributed by atoms with Gasteiger partial charge >= 0.3 is 0 Å². The number of nitrogens with one attached hydrogen (secondary N) is 1. The molecule has 0 amide bonds. The Morgan fingerprint density at radius 2 is 2.38 bits per heavy atom. The Kier molecular flexibility index (Phi) is 3.95. The van der Waals surface area contributed by atoms with E-state index in [1.165, 1.54) is 10.6 Å². The Morgan fingerprint density at radius 1 is 1.56 bits per heavy atom. The molecule has 0 aliphatic carbocycles. The van der Waals surface area contributed by atoms with Crippen molar-refractivity contribution in [3.63, 3.8) is 0 Å². The van der Waals surface area contributed by atoms with Crippen molar-refractivity contribution >= 4 is 11.3 Å². The van der Waals surface area contributed by atoms with Gasteiger partial charge in [-0.05, 0) is 26.8 Å². The van der Waals surface area contributed by atoms with Gasteiger partial charge in [0.1, 0.15) is 0 Å². The monoisotopic (exact) mass is 240 g/mol. The van der Waals surface area contributed by atoms with Crippen molar-refractivity contribution < 1.29 is 4.74 Å². The van der Waals surface area contributed by atoms with Crippen LogP contribution in [0, 0.1) is 19.8 Å².